The maximum Gasteiger partial charge on any atom is 0.273 e. The molecule has 5 rings (SSSR count). The van der Waals surface area contributed by atoms with Crippen molar-refractivity contribution in [2.24, 2.45) is 0 Å². The number of aromatic amines is 1. The number of carbonyl (C=O) groups excluding carboxylic acids is 1. The van der Waals surface area contributed by atoms with Gasteiger partial charge in [0.1, 0.15) is 11.5 Å². The Morgan fingerprint density at radius 3 is 2.50 bits per heavy atom. The molecule has 4 aromatic rings. The zero-order valence-corrected chi connectivity index (χ0v) is 17.7. The van der Waals surface area contributed by atoms with Crippen LogP contribution in [0.25, 0.3) is 11.3 Å². The fraction of sp³-hybridized carbons (Fsp3) is 0.0909. The number of halogens is 3. The van der Waals surface area contributed by atoms with E-state index in [0.29, 0.717) is 32.2 Å². The average molecular weight is 459 g/mol. The van der Waals surface area contributed by atoms with Crippen LogP contribution < -0.4 is 0 Å². The Morgan fingerprint density at radius 1 is 1.03 bits per heavy atom. The van der Waals surface area contributed by atoms with Crippen molar-refractivity contribution in [3.8, 4) is 11.3 Å². The molecule has 1 atom stereocenters. The minimum Gasteiger partial charge on any atom is -0.467 e. The zero-order valence-electron chi connectivity index (χ0n) is 15.4. The molecule has 0 saturated heterocycles. The van der Waals surface area contributed by atoms with Crippen LogP contribution in [0.15, 0.2) is 65.3 Å². The lowest BCUT2D eigenvalue weighted by atomic mass is 9.96. The van der Waals surface area contributed by atoms with Crippen LogP contribution in [-0.2, 0) is 6.54 Å². The number of fused-ring (bicyclic) bond motifs is 1. The van der Waals surface area contributed by atoms with E-state index in [4.69, 9.17) is 39.2 Å². The number of hydrogen-bond acceptors (Lipinski definition) is 3. The average Bonchev–Trinajstić information content (AvgIpc) is 3.44. The minimum atomic E-state index is -0.452. The van der Waals surface area contributed by atoms with Crippen LogP contribution in [0.4, 0.5) is 0 Å². The maximum absolute atomic E-state index is 13.3. The predicted molar refractivity (Wildman–Crippen MR) is 116 cm³/mol. The molecule has 1 unspecified atom stereocenters. The van der Waals surface area contributed by atoms with Crippen molar-refractivity contribution in [2.75, 3.05) is 0 Å². The summed E-state index contributed by atoms with van der Waals surface area (Å²) in [5.74, 6) is 0.495. The Kier molecular flexibility index (Phi) is 4.82. The fourth-order valence-corrected chi connectivity index (χ4v) is 4.44. The molecule has 8 heteroatoms. The molecule has 5 nitrogen and oxygen atoms in total. The Hall–Kier alpha value is -2.73. The topological polar surface area (TPSA) is 62.1 Å². The summed E-state index contributed by atoms with van der Waals surface area (Å²) in [6, 6.07) is 15.8. The van der Waals surface area contributed by atoms with Gasteiger partial charge in [-0.1, -0.05) is 53.0 Å². The van der Waals surface area contributed by atoms with Crippen LogP contribution in [0.2, 0.25) is 15.1 Å². The lowest BCUT2D eigenvalue weighted by Gasteiger charge is -2.26. The van der Waals surface area contributed by atoms with Crippen molar-refractivity contribution < 1.29 is 9.21 Å². The molecule has 3 heterocycles. The third-order valence-corrected chi connectivity index (χ3v) is 5.96. The first kappa shape index (κ1) is 19.2. The van der Waals surface area contributed by atoms with Crippen LogP contribution in [0, 0.1) is 0 Å². The van der Waals surface area contributed by atoms with E-state index in [2.05, 4.69) is 10.2 Å². The molecule has 0 bridgehead atoms. The minimum absolute atomic E-state index is 0.176. The highest BCUT2D eigenvalue weighted by molar-refractivity contribution is 6.35. The molecule has 2 aromatic heterocycles. The van der Waals surface area contributed by atoms with Gasteiger partial charge < -0.3 is 9.32 Å². The van der Waals surface area contributed by atoms with Gasteiger partial charge in [0.2, 0.25) is 0 Å². The molecule has 0 saturated carbocycles. The van der Waals surface area contributed by atoms with E-state index in [1.165, 1.54) is 0 Å². The van der Waals surface area contributed by atoms with Gasteiger partial charge in [-0.2, -0.15) is 5.10 Å². The monoisotopic (exact) mass is 457 g/mol. The van der Waals surface area contributed by atoms with Crippen LogP contribution in [-0.4, -0.2) is 21.0 Å². The van der Waals surface area contributed by atoms with Gasteiger partial charge in [0.25, 0.3) is 5.91 Å². The molecule has 1 N–H and O–H groups in total. The van der Waals surface area contributed by atoms with Gasteiger partial charge in [0.15, 0.2) is 0 Å². The largest absolute Gasteiger partial charge is 0.467 e. The van der Waals surface area contributed by atoms with E-state index in [0.717, 1.165) is 16.7 Å². The highest BCUT2D eigenvalue weighted by atomic mass is 35.5. The summed E-state index contributed by atoms with van der Waals surface area (Å²) in [6.07, 6.45) is 1.58. The molecule has 150 valence electrons. The van der Waals surface area contributed by atoms with Crippen molar-refractivity contribution in [1.82, 2.24) is 15.1 Å². The molecule has 1 aliphatic heterocycles. The van der Waals surface area contributed by atoms with Crippen LogP contribution in [0.3, 0.4) is 0 Å². The van der Waals surface area contributed by atoms with Crippen LogP contribution >= 0.6 is 34.8 Å². The van der Waals surface area contributed by atoms with Crippen molar-refractivity contribution in [3.63, 3.8) is 0 Å². The summed E-state index contributed by atoms with van der Waals surface area (Å²) in [6.45, 7) is 0.290. The van der Waals surface area contributed by atoms with Gasteiger partial charge in [0.05, 0.1) is 24.5 Å². The second-order valence-corrected chi connectivity index (χ2v) is 8.23. The summed E-state index contributed by atoms with van der Waals surface area (Å²) in [5, 5.41) is 8.97. The van der Waals surface area contributed by atoms with Crippen molar-refractivity contribution in [1.29, 1.82) is 0 Å². The van der Waals surface area contributed by atoms with E-state index in [1.807, 2.05) is 24.3 Å². The van der Waals surface area contributed by atoms with Crippen LogP contribution in [0.5, 0.6) is 0 Å². The molecule has 0 spiro atoms. The molecule has 1 aliphatic rings. The second kappa shape index (κ2) is 7.51. The fourth-order valence-electron chi connectivity index (χ4n) is 3.80. The Morgan fingerprint density at radius 2 is 1.80 bits per heavy atom. The number of rotatable bonds is 4. The molecule has 0 aliphatic carbocycles. The highest BCUT2D eigenvalue weighted by Crippen LogP contribution is 2.45. The maximum atomic E-state index is 13.3. The van der Waals surface area contributed by atoms with E-state index < -0.39 is 6.04 Å². The van der Waals surface area contributed by atoms with E-state index in [9.17, 15) is 4.79 Å². The quantitative estimate of drug-likeness (QED) is 0.386. The number of benzene rings is 2. The van der Waals surface area contributed by atoms with Gasteiger partial charge in [0, 0.05) is 26.2 Å². The number of amides is 1. The lowest BCUT2D eigenvalue weighted by molar-refractivity contribution is 0.0717. The smallest absolute Gasteiger partial charge is 0.273 e. The summed E-state index contributed by atoms with van der Waals surface area (Å²) >= 11 is 18.7. The van der Waals surface area contributed by atoms with Gasteiger partial charge >= 0.3 is 0 Å². The van der Waals surface area contributed by atoms with Crippen molar-refractivity contribution in [3.05, 3.63) is 98.5 Å². The van der Waals surface area contributed by atoms with Gasteiger partial charge in [-0.15, -0.1) is 0 Å². The molecule has 0 radical (unpaired) electrons. The molecular formula is C22H14Cl3N3O2. The summed E-state index contributed by atoms with van der Waals surface area (Å²) in [5.41, 5.74) is 3.48. The van der Waals surface area contributed by atoms with E-state index in [1.54, 1.807) is 41.5 Å². The zero-order chi connectivity index (χ0) is 20.8. The number of aromatic nitrogens is 2. The SMILES string of the molecule is O=C1c2[nH]nc(-c3ccc(Cl)cc3)c2C(c2ccc(Cl)cc2Cl)N1Cc1ccco1. The third-order valence-electron chi connectivity index (χ3n) is 5.14. The molecule has 0 fully saturated rings. The standard InChI is InChI=1S/C22H14Cl3N3O2/c23-13-5-3-12(4-6-13)19-18-20(27-26-19)22(29)28(11-15-2-1-9-30-15)21(18)16-8-7-14(24)10-17(16)25/h1-10,21H,11H2,(H,26,27). The second-order valence-electron chi connectivity index (χ2n) is 6.95. The van der Waals surface area contributed by atoms with E-state index in [-0.39, 0.29) is 12.5 Å². The number of furan rings is 1. The molecular weight excluding hydrogens is 445 g/mol. The number of hydrogen-bond donors (Lipinski definition) is 1. The third kappa shape index (κ3) is 3.19. The molecule has 1 amide bonds. The number of H-pyrrole nitrogens is 1. The Labute approximate surface area is 187 Å². The predicted octanol–water partition coefficient (Wildman–Crippen LogP) is 6.38. The first-order valence-corrected chi connectivity index (χ1v) is 10.3. The number of nitrogens with one attached hydrogen (secondary N) is 1. The van der Waals surface area contributed by atoms with Crippen LogP contribution in [0.1, 0.15) is 33.4 Å². The first-order valence-electron chi connectivity index (χ1n) is 9.15. The van der Waals surface area contributed by atoms with Crippen molar-refractivity contribution >= 4 is 40.7 Å². The number of carbonyl (C=O) groups is 1. The normalized spacial score (nSPS) is 15.6. The first-order chi connectivity index (χ1) is 14.5. The lowest BCUT2D eigenvalue weighted by Crippen LogP contribution is -2.29. The number of nitrogens with zero attached hydrogens (tertiary/aromatic N) is 2. The highest BCUT2D eigenvalue weighted by Gasteiger charge is 2.43. The van der Waals surface area contributed by atoms with Crippen molar-refractivity contribution in [2.45, 2.75) is 12.6 Å². The van der Waals surface area contributed by atoms with E-state index >= 15 is 0 Å². The summed E-state index contributed by atoms with van der Waals surface area (Å²) < 4.78 is 5.49. The Bertz CT molecular complexity index is 1230. The van der Waals surface area contributed by atoms with Gasteiger partial charge in [-0.25, -0.2) is 0 Å². The van der Waals surface area contributed by atoms with Gasteiger partial charge in [-0.3, -0.25) is 9.89 Å². The summed E-state index contributed by atoms with van der Waals surface area (Å²) in [7, 11) is 0. The molecule has 30 heavy (non-hydrogen) atoms. The molecule has 2 aromatic carbocycles. The van der Waals surface area contributed by atoms with Gasteiger partial charge in [-0.05, 0) is 42.0 Å². The summed E-state index contributed by atoms with van der Waals surface area (Å²) in [4.78, 5) is 15.0. The Balaban J connectivity index is 1.68.